The third-order valence-electron chi connectivity index (χ3n) is 3.68. The molecule has 2 heterocycles. The summed E-state index contributed by atoms with van der Waals surface area (Å²) in [5.74, 6) is 1.34. The summed E-state index contributed by atoms with van der Waals surface area (Å²) in [6.45, 7) is 2.46. The van der Waals surface area contributed by atoms with Gasteiger partial charge in [-0.15, -0.1) is 0 Å². The van der Waals surface area contributed by atoms with Crippen molar-refractivity contribution in [2.75, 3.05) is 0 Å². The van der Waals surface area contributed by atoms with Crippen molar-refractivity contribution in [1.82, 2.24) is 25.2 Å². The van der Waals surface area contributed by atoms with E-state index in [1.165, 1.54) is 19.3 Å². The van der Waals surface area contributed by atoms with Crippen molar-refractivity contribution in [3.63, 3.8) is 0 Å². The van der Waals surface area contributed by atoms with E-state index < -0.39 is 0 Å². The Morgan fingerprint density at radius 1 is 1.42 bits per heavy atom. The molecule has 6 nitrogen and oxygen atoms in total. The SMILES string of the molecule is Cc1noc(CN[C@H]2CCCC[C@@H]2n2cccn2)n1. The summed E-state index contributed by atoms with van der Waals surface area (Å²) < 4.78 is 7.20. The highest BCUT2D eigenvalue weighted by atomic mass is 16.5. The van der Waals surface area contributed by atoms with Crippen LogP contribution in [0.3, 0.4) is 0 Å². The number of aromatic nitrogens is 4. The number of hydrogen-bond donors (Lipinski definition) is 1. The minimum Gasteiger partial charge on any atom is -0.338 e. The topological polar surface area (TPSA) is 68.8 Å². The second kappa shape index (κ2) is 5.52. The van der Waals surface area contributed by atoms with Gasteiger partial charge in [-0.1, -0.05) is 18.0 Å². The summed E-state index contributed by atoms with van der Waals surface area (Å²) in [6, 6.07) is 2.82. The first-order valence-corrected chi connectivity index (χ1v) is 6.84. The Morgan fingerprint density at radius 3 is 3.05 bits per heavy atom. The van der Waals surface area contributed by atoms with E-state index in [1.807, 2.05) is 25.4 Å². The average Bonchev–Trinajstić information content (AvgIpc) is 3.08. The summed E-state index contributed by atoms with van der Waals surface area (Å²) in [5.41, 5.74) is 0. The zero-order valence-corrected chi connectivity index (χ0v) is 11.1. The predicted molar refractivity (Wildman–Crippen MR) is 69.4 cm³/mol. The van der Waals surface area contributed by atoms with Crippen LogP contribution in [0.5, 0.6) is 0 Å². The van der Waals surface area contributed by atoms with Gasteiger partial charge in [0, 0.05) is 18.4 Å². The molecule has 2 atom stereocenters. The fraction of sp³-hybridized carbons (Fsp3) is 0.615. The molecule has 0 aliphatic heterocycles. The number of rotatable bonds is 4. The van der Waals surface area contributed by atoms with E-state index in [4.69, 9.17) is 4.52 Å². The Labute approximate surface area is 112 Å². The van der Waals surface area contributed by atoms with Gasteiger partial charge in [0.05, 0.1) is 12.6 Å². The smallest absolute Gasteiger partial charge is 0.240 e. The van der Waals surface area contributed by atoms with Gasteiger partial charge in [0.15, 0.2) is 5.82 Å². The minimum absolute atomic E-state index is 0.417. The van der Waals surface area contributed by atoms with Gasteiger partial charge in [0.25, 0.3) is 0 Å². The molecule has 0 saturated heterocycles. The first kappa shape index (κ1) is 12.3. The monoisotopic (exact) mass is 261 g/mol. The van der Waals surface area contributed by atoms with Crippen LogP contribution >= 0.6 is 0 Å². The molecule has 0 unspecified atom stereocenters. The molecule has 0 bridgehead atoms. The van der Waals surface area contributed by atoms with Crippen molar-refractivity contribution in [3.05, 3.63) is 30.2 Å². The van der Waals surface area contributed by atoms with E-state index in [1.54, 1.807) is 0 Å². The maximum absolute atomic E-state index is 5.14. The van der Waals surface area contributed by atoms with Gasteiger partial charge in [0.2, 0.25) is 5.89 Å². The Morgan fingerprint density at radius 2 is 2.32 bits per heavy atom. The first-order chi connectivity index (χ1) is 9.33. The molecule has 102 valence electrons. The van der Waals surface area contributed by atoms with Crippen LogP contribution in [-0.4, -0.2) is 26.0 Å². The summed E-state index contributed by atoms with van der Waals surface area (Å²) >= 11 is 0. The van der Waals surface area contributed by atoms with E-state index in [9.17, 15) is 0 Å². The normalized spacial score (nSPS) is 23.6. The van der Waals surface area contributed by atoms with Crippen molar-refractivity contribution in [1.29, 1.82) is 0 Å². The van der Waals surface area contributed by atoms with Gasteiger partial charge >= 0.3 is 0 Å². The van der Waals surface area contributed by atoms with Gasteiger partial charge < -0.3 is 9.84 Å². The fourth-order valence-electron chi connectivity index (χ4n) is 2.77. The van der Waals surface area contributed by atoms with Crippen molar-refractivity contribution in [2.24, 2.45) is 0 Å². The first-order valence-electron chi connectivity index (χ1n) is 6.84. The summed E-state index contributed by atoms with van der Waals surface area (Å²) in [5, 5.41) is 11.7. The lowest BCUT2D eigenvalue weighted by atomic mass is 9.90. The van der Waals surface area contributed by atoms with Gasteiger partial charge in [-0.2, -0.15) is 10.1 Å². The van der Waals surface area contributed by atoms with Crippen LogP contribution in [0.2, 0.25) is 0 Å². The molecule has 0 amide bonds. The van der Waals surface area contributed by atoms with Crippen LogP contribution in [0, 0.1) is 6.92 Å². The van der Waals surface area contributed by atoms with Gasteiger partial charge in [0.1, 0.15) is 0 Å². The van der Waals surface area contributed by atoms with E-state index in [0.29, 0.717) is 30.3 Å². The van der Waals surface area contributed by atoms with Crippen LogP contribution < -0.4 is 5.32 Å². The Kier molecular flexibility index (Phi) is 3.59. The Balaban J connectivity index is 1.64. The van der Waals surface area contributed by atoms with Crippen LogP contribution in [0.15, 0.2) is 23.0 Å². The van der Waals surface area contributed by atoms with E-state index in [2.05, 4.69) is 25.2 Å². The molecule has 1 N–H and O–H groups in total. The Hall–Kier alpha value is -1.69. The largest absolute Gasteiger partial charge is 0.338 e. The molecule has 1 fully saturated rings. The maximum Gasteiger partial charge on any atom is 0.240 e. The lowest BCUT2D eigenvalue weighted by Crippen LogP contribution is -2.39. The van der Waals surface area contributed by atoms with Crippen molar-refractivity contribution in [3.8, 4) is 0 Å². The highest BCUT2D eigenvalue weighted by Crippen LogP contribution is 2.28. The second-order valence-electron chi connectivity index (χ2n) is 5.06. The van der Waals surface area contributed by atoms with E-state index in [0.717, 1.165) is 6.42 Å². The van der Waals surface area contributed by atoms with Crippen LogP contribution in [-0.2, 0) is 6.54 Å². The third-order valence-corrected chi connectivity index (χ3v) is 3.68. The molecular formula is C13H19N5O. The molecule has 3 rings (SSSR count). The molecule has 1 aliphatic carbocycles. The molecule has 19 heavy (non-hydrogen) atoms. The fourth-order valence-corrected chi connectivity index (χ4v) is 2.77. The van der Waals surface area contributed by atoms with Crippen molar-refractivity contribution < 1.29 is 4.52 Å². The van der Waals surface area contributed by atoms with Crippen molar-refractivity contribution >= 4 is 0 Å². The van der Waals surface area contributed by atoms with Gasteiger partial charge in [-0.05, 0) is 25.8 Å². The molecule has 1 saturated carbocycles. The number of aryl methyl sites for hydroxylation is 1. The second-order valence-corrected chi connectivity index (χ2v) is 5.06. The minimum atomic E-state index is 0.417. The van der Waals surface area contributed by atoms with Crippen LogP contribution in [0.1, 0.15) is 43.4 Å². The Bertz CT molecular complexity index is 507. The zero-order valence-electron chi connectivity index (χ0n) is 11.1. The zero-order chi connectivity index (χ0) is 13.1. The predicted octanol–water partition coefficient (Wildman–Crippen LogP) is 1.85. The van der Waals surface area contributed by atoms with Gasteiger partial charge in [-0.25, -0.2) is 0 Å². The molecule has 0 spiro atoms. The quantitative estimate of drug-likeness (QED) is 0.909. The molecule has 2 aromatic rings. The number of nitrogens with zero attached hydrogens (tertiary/aromatic N) is 4. The standard InChI is InChI=1S/C13H19N5O/c1-10-16-13(19-17-10)9-14-11-5-2-3-6-12(11)18-8-4-7-15-18/h4,7-8,11-12,14H,2-3,5-6,9H2,1H3/t11-,12-/m0/s1. The maximum atomic E-state index is 5.14. The highest BCUT2D eigenvalue weighted by Gasteiger charge is 2.26. The molecule has 1 aliphatic rings. The lowest BCUT2D eigenvalue weighted by molar-refractivity contribution is 0.236. The third kappa shape index (κ3) is 2.84. The number of nitrogens with one attached hydrogen (secondary N) is 1. The van der Waals surface area contributed by atoms with Crippen LogP contribution in [0.25, 0.3) is 0 Å². The van der Waals surface area contributed by atoms with Gasteiger partial charge in [-0.3, -0.25) is 4.68 Å². The molecule has 0 radical (unpaired) electrons. The lowest BCUT2D eigenvalue weighted by Gasteiger charge is -2.32. The summed E-state index contributed by atoms with van der Waals surface area (Å²) in [7, 11) is 0. The van der Waals surface area contributed by atoms with Crippen LogP contribution in [0.4, 0.5) is 0 Å². The molecule has 6 heteroatoms. The van der Waals surface area contributed by atoms with E-state index >= 15 is 0 Å². The van der Waals surface area contributed by atoms with Crippen molar-refractivity contribution in [2.45, 2.75) is 51.2 Å². The number of hydrogen-bond acceptors (Lipinski definition) is 5. The molecule has 2 aromatic heterocycles. The summed E-state index contributed by atoms with van der Waals surface area (Å²) in [6.07, 6.45) is 8.75. The average molecular weight is 261 g/mol. The highest BCUT2D eigenvalue weighted by molar-refractivity contribution is 4.91. The molecule has 0 aromatic carbocycles. The summed E-state index contributed by atoms with van der Waals surface area (Å²) in [4.78, 5) is 4.22. The molecular weight excluding hydrogens is 242 g/mol. The van der Waals surface area contributed by atoms with E-state index in [-0.39, 0.29) is 0 Å².